The van der Waals surface area contributed by atoms with Crippen molar-refractivity contribution in [3.63, 3.8) is 0 Å². The summed E-state index contributed by atoms with van der Waals surface area (Å²) in [5.41, 5.74) is 3.76. The van der Waals surface area contributed by atoms with Gasteiger partial charge in [-0.15, -0.1) is 0 Å². The molecule has 2 N–H and O–H groups in total. The molecule has 192 valence electrons. The molecule has 6 rings (SSSR count). The Balaban J connectivity index is 1.39. The van der Waals surface area contributed by atoms with E-state index < -0.39 is 11.7 Å². The second-order valence-electron chi connectivity index (χ2n) is 9.99. The quantitative estimate of drug-likeness (QED) is 0.396. The third-order valence-electron chi connectivity index (χ3n) is 7.60. The minimum Gasteiger partial charge on any atom is -0.492 e. The molecule has 0 unspecified atom stereocenters. The molecule has 1 aromatic carbocycles. The Bertz CT molecular complexity index is 1420. The minimum atomic E-state index is -0.470. The predicted octanol–water partition coefficient (Wildman–Crippen LogP) is 2.83. The number of carbonyl (C=O) groups is 1. The molecule has 3 aliphatic rings. The van der Waals surface area contributed by atoms with Crippen LogP contribution in [0, 0.1) is 11.7 Å². The normalized spacial score (nSPS) is 21.4. The van der Waals surface area contributed by atoms with Crippen LogP contribution in [0.4, 0.5) is 10.1 Å². The average Bonchev–Trinajstić information content (AvgIpc) is 3.68. The van der Waals surface area contributed by atoms with Crippen LogP contribution in [-0.4, -0.2) is 54.5 Å². The largest absolute Gasteiger partial charge is 0.492 e. The van der Waals surface area contributed by atoms with Crippen LogP contribution in [-0.2, 0) is 0 Å². The lowest BCUT2D eigenvalue weighted by Gasteiger charge is -2.25. The fraction of sp³-hybridized carbons (Fsp3) is 0.407. The molecular weight excluding hydrogens is 475 g/mol. The Hall–Kier alpha value is -3.79. The molecule has 10 heteroatoms. The van der Waals surface area contributed by atoms with Gasteiger partial charge in [-0.2, -0.15) is 5.10 Å². The van der Waals surface area contributed by atoms with E-state index in [1.54, 1.807) is 18.3 Å². The first-order valence-electron chi connectivity index (χ1n) is 12.7. The van der Waals surface area contributed by atoms with Crippen LogP contribution < -0.4 is 25.8 Å². The summed E-state index contributed by atoms with van der Waals surface area (Å²) in [6, 6.07) is 4.99. The molecule has 1 saturated carbocycles. The van der Waals surface area contributed by atoms with Crippen molar-refractivity contribution in [1.29, 1.82) is 0 Å². The van der Waals surface area contributed by atoms with Gasteiger partial charge in [-0.1, -0.05) is 0 Å². The molecule has 2 saturated heterocycles. The molecule has 0 radical (unpaired) electrons. The van der Waals surface area contributed by atoms with Gasteiger partial charge < -0.3 is 19.5 Å². The van der Waals surface area contributed by atoms with Gasteiger partial charge >= 0.3 is 0 Å². The number of fused-ring (bicyclic) bond motifs is 2. The van der Waals surface area contributed by atoms with Crippen molar-refractivity contribution in [1.82, 2.24) is 20.3 Å². The van der Waals surface area contributed by atoms with Crippen molar-refractivity contribution in [2.75, 3.05) is 31.6 Å². The van der Waals surface area contributed by atoms with Crippen LogP contribution in [0.2, 0.25) is 0 Å². The summed E-state index contributed by atoms with van der Waals surface area (Å²) in [5, 5.41) is 7.80. The maximum atomic E-state index is 15.7. The molecule has 0 spiro atoms. The van der Waals surface area contributed by atoms with Crippen LogP contribution in [0.1, 0.15) is 47.6 Å². The van der Waals surface area contributed by atoms with Crippen LogP contribution in [0.3, 0.4) is 0 Å². The minimum absolute atomic E-state index is 0.191. The van der Waals surface area contributed by atoms with Crippen LogP contribution in [0.25, 0.3) is 10.9 Å². The number of methoxy groups -OCH3 is 1. The number of ether oxygens (including phenoxy) is 1. The molecule has 3 aromatic rings. The van der Waals surface area contributed by atoms with E-state index in [2.05, 4.69) is 25.7 Å². The number of pyridine rings is 2. The Morgan fingerprint density at radius 3 is 2.81 bits per heavy atom. The highest BCUT2D eigenvalue weighted by molar-refractivity contribution is 5.97. The number of hydrogen-bond acceptors (Lipinski definition) is 7. The van der Waals surface area contributed by atoms with Gasteiger partial charge in [-0.3, -0.25) is 14.6 Å². The van der Waals surface area contributed by atoms with Crippen molar-refractivity contribution in [3.05, 3.63) is 64.0 Å². The van der Waals surface area contributed by atoms with E-state index in [1.807, 2.05) is 4.57 Å². The smallest absolute Gasteiger partial charge is 0.271 e. The lowest BCUT2D eigenvalue weighted by Crippen LogP contribution is -2.40. The zero-order valence-corrected chi connectivity index (χ0v) is 20.6. The Kier molecular flexibility index (Phi) is 6.11. The SMILES string of the molecule is COc1c(N2C[C@@H]3CCCN[C@@H]3C2)c(F)cc2c(=O)c(/C=N/NC(=O)c3ccncc3)cn(C3CC3)c12. The molecular formula is C27H29FN6O3. The zero-order valence-electron chi connectivity index (χ0n) is 20.6. The molecule has 4 heterocycles. The molecule has 9 nitrogen and oxygen atoms in total. The number of nitrogens with one attached hydrogen (secondary N) is 2. The number of benzene rings is 1. The van der Waals surface area contributed by atoms with Crippen LogP contribution in [0.15, 0.2) is 46.7 Å². The number of anilines is 1. The van der Waals surface area contributed by atoms with Crippen molar-refractivity contribution in [3.8, 4) is 5.75 Å². The molecule has 3 fully saturated rings. The van der Waals surface area contributed by atoms with Crippen molar-refractivity contribution >= 4 is 28.7 Å². The van der Waals surface area contributed by atoms with Gasteiger partial charge in [0.05, 0.1) is 29.8 Å². The predicted molar refractivity (Wildman–Crippen MR) is 139 cm³/mol. The number of aromatic nitrogens is 2. The molecule has 1 amide bonds. The van der Waals surface area contributed by atoms with Gasteiger partial charge in [-0.05, 0) is 56.3 Å². The van der Waals surface area contributed by atoms with Crippen molar-refractivity contribution in [2.45, 2.75) is 37.8 Å². The fourth-order valence-corrected chi connectivity index (χ4v) is 5.64. The number of hydrazone groups is 1. The first-order chi connectivity index (χ1) is 18.0. The number of halogens is 1. The summed E-state index contributed by atoms with van der Waals surface area (Å²) in [4.78, 5) is 31.7. The summed E-state index contributed by atoms with van der Waals surface area (Å²) in [7, 11) is 1.53. The first kappa shape index (κ1) is 23.6. The summed E-state index contributed by atoms with van der Waals surface area (Å²) < 4.78 is 23.5. The third kappa shape index (κ3) is 4.35. The maximum absolute atomic E-state index is 15.7. The molecule has 1 aliphatic carbocycles. The van der Waals surface area contributed by atoms with E-state index in [9.17, 15) is 9.59 Å². The third-order valence-corrected chi connectivity index (χ3v) is 7.60. The van der Waals surface area contributed by atoms with Gasteiger partial charge in [0.2, 0.25) is 0 Å². The van der Waals surface area contributed by atoms with E-state index in [4.69, 9.17) is 4.74 Å². The lowest BCUT2D eigenvalue weighted by atomic mass is 9.94. The number of carbonyl (C=O) groups excluding carboxylic acids is 1. The number of piperidine rings is 1. The van der Waals surface area contributed by atoms with Crippen molar-refractivity contribution in [2.24, 2.45) is 11.0 Å². The Morgan fingerprint density at radius 2 is 2.08 bits per heavy atom. The highest BCUT2D eigenvalue weighted by Gasteiger charge is 2.38. The maximum Gasteiger partial charge on any atom is 0.271 e. The van der Waals surface area contributed by atoms with Crippen LogP contribution in [0.5, 0.6) is 5.75 Å². The van der Waals surface area contributed by atoms with Crippen LogP contribution >= 0.6 is 0 Å². The standard InChI is InChI=1S/C27H29FN6O3/c1-37-26-23-20(11-21(28)24(26)33-13-17-3-2-8-30-22(17)15-33)25(35)18(14-34(23)19-4-5-19)12-31-32-27(36)16-6-9-29-10-7-16/h6-7,9-12,14,17,19,22,30H,2-5,8,13,15H2,1H3,(H,32,36)/b31-12+/t17-,22+/m0/s1. The van der Waals surface area contributed by atoms with E-state index in [1.165, 1.54) is 31.8 Å². The first-order valence-corrected chi connectivity index (χ1v) is 12.7. The molecule has 2 aliphatic heterocycles. The number of amides is 1. The second-order valence-corrected chi connectivity index (χ2v) is 9.99. The van der Waals surface area contributed by atoms with Gasteiger partial charge in [0.25, 0.3) is 5.91 Å². The monoisotopic (exact) mass is 504 g/mol. The van der Waals surface area contributed by atoms with Gasteiger partial charge in [0.15, 0.2) is 17.0 Å². The molecule has 0 bridgehead atoms. The summed E-state index contributed by atoms with van der Waals surface area (Å²) >= 11 is 0. The van der Waals surface area contributed by atoms with E-state index in [0.717, 1.165) is 38.8 Å². The zero-order chi connectivity index (χ0) is 25.5. The van der Waals surface area contributed by atoms with Crippen molar-refractivity contribution < 1.29 is 13.9 Å². The molecule has 2 atom stereocenters. The van der Waals surface area contributed by atoms with E-state index >= 15 is 4.39 Å². The van der Waals surface area contributed by atoms with Gasteiger partial charge in [0.1, 0.15) is 5.69 Å². The highest BCUT2D eigenvalue weighted by Crippen LogP contribution is 2.45. The van der Waals surface area contributed by atoms with Gasteiger partial charge in [0, 0.05) is 49.3 Å². The summed E-state index contributed by atoms with van der Waals surface area (Å²) in [6.07, 6.45) is 10.2. The average molecular weight is 505 g/mol. The lowest BCUT2D eigenvalue weighted by molar-refractivity contribution is 0.0955. The number of hydrogen-bond donors (Lipinski definition) is 2. The van der Waals surface area contributed by atoms with E-state index in [-0.39, 0.29) is 22.4 Å². The Labute approximate surface area is 213 Å². The topological polar surface area (TPSA) is 101 Å². The number of nitrogens with zero attached hydrogens (tertiary/aromatic N) is 4. The van der Waals surface area contributed by atoms with E-state index in [0.29, 0.717) is 41.0 Å². The Morgan fingerprint density at radius 1 is 1.27 bits per heavy atom. The molecule has 37 heavy (non-hydrogen) atoms. The molecule has 2 aromatic heterocycles. The summed E-state index contributed by atoms with van der Waals surface area (Å²) in [5.74, 6) is -0.0187. The fourth-order valence-electron chi connectivity index (χ4n) is 5.64. The summed E-state index contributed by atoms with van der Waals surface area (Å²) in [6.45, 7) is 2.45. The number of rotatable bonds is 6. The highest BCUT2D eigenvalue weighted by atomic mass is 19.1. The van der Waals surface area contributed by atoms with Gasteiger partial charge in [-0.25, -0.2) is 9.82 Å². The second kappa shape index (κ2) is 9.59.